The molecule has 80 valence electrons. The molecule has 1 aliphatic carbocycles. The smallest absolute Gasteiger partial charge is 0.258 e. The monoisotopic (exact) mass is 270 g/mol. The minimum atomic E-state index is -0.366. The fourth-order valence-corrected chi connectivity index (χ4v) is 2.40. The molecule has 0 N–H and O–H groups in total. The number of nitro groups is 1. The van der Waals surface area contributed by atoms with Gasteiger partial charge in [0, 0.05) is 23.5 Å². The fourth-order valence-electron chi connectivity index (χ4n) is 1.56. The molecule has 0 aromatic carbocycles. The molecule has 0 bridgehead atoms. The van der Waals surface area contributed by atoms with Crippen molar-refractivity contribution in [3.8, 4) is 0 Å². The Labute approximate surface area is 96.0 Å². The minimum Gasteiger partial charge on any atom is -0.258 e. The van der Waals surface area contributed by atoms with Crippen LogP contribution in [0.5, 0.6) is 0 Å². The van der Waals surface area contributed by atoms with E-state index in [0.717, 1.165) is 0 Å². The van der Waals surface area contributed by atoms with E-state index in [0.29, 0.717) is 22.9 Å². The molecule has 1 aromatic rings. The van der Waals surface area contributed by atoms with Gasteiger partial charge in [-0.15, -0.1) is 0 Å². The van der Waals surface area contributed by atoms with Gasteiger partial charge in [-0.25, -0.2) is 0 Å². The van der Waals surface area contributed by atoms with Gasteiger partial charge in [-0.3, -0.25) is 15.1 Å². The largest absolute Gasteiger partial charge is 0.290 e. The summed E-state index contributed by atoms with van der Waals surface area (Å²) >= 11 is 3.56. The molecule has 0 amide bonds. The van der Waals surface area contributed by atoms with Gasteiger partial charge in [-0.2, -0.15) is 0 Å². The lowest BCUT2D eigenvalue weighted by molar-refractivity contribution is -0.385. The quantitative estimate of drug-likeness (QED) is 0.480. The van der Waals surface area contributed by atoms with E-state index in [1.807, 2.05) is 0 Å². The maximum absolute atomic E-state index is 10.7. The summed E-state index contributed by atoms with van der Waals surface area (Å²) in [6.07, 6.45) is 4.68. The van der Waals surface area contributed by atoms with Gasteiger partial charge in [0.15, 0.2) is 0 Å². The van der Waals surface area contributed by atoms with Crippen molar-refractivity contribution in [2.45, 2.75) is 24.1 Å². The Morgan fingerprint density at radius 1 is 1.67 bits per heavy atom. The van der Waals surface area contributed by atoms with E-state index < -0.39 is 0 Å². The molecule has 2 rings (SSSR count). The van der Waals surface area contributed by atoms with Gasteiger partial charge >= 0.3 is 0 Å². The van der Waals surface area contributed by atoms with Crippen LogP contribution in [0.3, 0.4) is 0 Å². The Bertz CT molecular complexity index is 379. The highest BCUT2D eigenvalue weighted by atomic mass is 79.9. The maximum Gasteiger partial charge on any atom is 0.290 e. The van der Waals surface area contributed by atoms with Crippen molar-refractivity contribution >= 4 is 21.6 Å². The number of pyridine rings is 1. The number of nitrogens with zero attached hydrogens (tertiary/aromatic N) is 2. The lowest BCUT2D eigenvalue weighted by Crippen LogP contribution is -2.08. The standard InChI is InChI=1S/C10H11BrN2O2/c11-8(7-3-4-7)6-9-10(13(14)15)2-1-5-12-9/h1-2,5,7-8H,3-4,6H2. The topological polar surface area (TPSA) is 56.0 Å². The number of aromatic nitrogens is 1. The van der Waals surface area contributed by atoms with Crippen LogP contribution in [0.1, 0.15) is 18.5 Å². The number of rotatable bonds is 4. The third kappa shape index (κ3) is 2.53. The summed E-state index contributed by atoms with van der Waals surface area (Å²) in [5.41, 5.74) is 0.707. The summed E-state index contributed by atoms with van der Waals surface area (Å²) in [4.78, 5) is 14.8. The number of alkyl halides is 1. The summed E-state index contributed by atoms with van der Waals surface area (Å²) in [6.45, 7) is 0. The molecule has 4 nitrogen and oxygen atoms in total. The van der Waals surface area contributed by atoms with E-state index in [1.165, 1.54) is 18.9 Å². The lowest BCUT2D eigenvalue weighted by Gasteiger charge is -2.07. The van der Waals surface area contributed by atoms with Crippen LogP contribution in [-0.2, 0) is 6.42 Å². The Morgan fingerprint density at radius 3 is 3.00 bits per heavy atom. The second-order valence-electron chi connectivity index (χ2n) is 3.78. The van der Waals surface area contributed by atoms with Crippen molar-refractivity contribution in [2.24, 2.45) is 5.92 Å². The molecule has 1 aliphatic rings. The number of hydrogen-bond acceptors (Lipinski definition) is 3. The molecule has 5 heteroatoms. The molecule has 0 spiro atoms. The highest BCUT2D eigenvalue weighted by Gasteiger charge is 2.31. The van der Waals surface area contributed by atoms with Gasteiger partial charge in [0.1, 0.15) is 5.69 Å². The third-order valence-electron chi connectivity index (χ3n) is 2.58. The van der Waals surface area contributed by atoms with Gasteiger partial charge in [-0.1, -0.05) is 15.9 Å². The van der Waals surface area contributed by atoms with E-state index in [2.05, 4.69) is 20.9 Å². The Hall–Kier alpha value is -0.970. The zero-order chi connectivity index (χ0) is 10.8. The molecular formula is C10H11BrN2O2. The van der Waals surface area contributed by atoms with Gasteiger partial charge in [0.25, 0.3) is 5.69 Å². The van der Waals surface area contributed by atoms with Crippen molar-refractivity contribution in [3.05, 3.63) is 34.1 Å². The number of hydrogen-bond donors (Lipinski definition) is 0. The summed E-state index contributed by atoms with van der Waals surface area (Å²) < 4.78 is 0. The first-order valence-corrected chi connectivity index (χ1v) is 5.82. The maximum atomic E-state index is 10.7. The highest BCUT2D eigenvalue weighted by molar-refractivity contribution is 9.09. The van der Waals surface area contributed by atoms with Crippen LogP contribution in [0.15, 0.2) is 18.3 Å². The van der Waals surface area contributed by atoms with Gasteiger partial charge in [-0.05, 0) is 24.8 Å². The second-order valence-corrected chi connectivity index (χ2v) is 4.96. The molecule has 0 aliphatic heterocycles. The minimum absolute atomic E-state index is 0.127. The van der Waals surface area contributed by atoms with E-state index in [4.69, 9.17) is 0 Å². The van der Waals surface area contributed by atoms with Crippen molar-refractivity contribution in [3.63, 3.8) is 0 Å². The predicted molar refractivity (Wildman–Crippen MR) is 60.0 cm³/mol. The molecule has 1 fully saturated rings. The molecule has 0 radical (unpaired) electrons. The van der Waals surface area contributed by atoms with Crippen molar-refractivity contribution in [2.75, 3.05) is 0 Å². The molecular weight excluding hydrogens is 260 g/mol. The van der Waals surface area contributed by atoms with Gasteiger partial charge < -0.3 is 0 Å². The highest BCUT2D eigenvalue weighted by Crippen LogP contribution is 2.38. The summed E-state index contributed by atoms with van der Waals surface area (Å²) in [6, 6.07) is 3.11. The molecule has 15 heavy (non-hydrogen) atoms. The summed E-state index contributed by atoms with van der Waals surface area (Å²) in [7, 11) is 0. The average Bonchev–Trinajstić information content (AvgIpc) is 3.01. The Balaban J connectivity index is 2.15. The fraction of sp³-hybridized carbons (Fsp3) is 0.500. The summed E-state index contributed by atoms with van der Waals surface area (Å²) in [5.74, 6) is 0.673. The first kappa shape index (κ1) is 10.5. The lowest BCUT2D eigenvalue weighted by atomic mass is 10.1. The van der Waals surface area contributed by atoms with Crippen LogP contribution < -0.4 is 0 Å². The van der Waals surface area contributed by atoms with E-state index in [1.54, 1.807) is 12.3 Å². The van der Waals surface area contributed by atoms with E-state index in [9.17, 15) is 10.1 Å². The van der Waals surface area contributed by atoms with Crippen LogP contribution >= 0.6 is 15.9 Å². The number of halogens is 1. The normalized spacial score (nSPS) is 17.4. The first-order chi connectivity index (χ1) is 7.18. The van der Waals surface area contributed by atoms with Gasteiger partial charge in [0.05, 0.1) is 4.92 Å². The van der Waals surface area contributed by atoms with Crippen LogP contribution in [-0.4, -0.2) is 14.7 Å². The van der Waals surface area contributed by atoms with Gasteiger partial charge in [0.2, 0.25) is 0 Å². The second kappa shape index (κ2) is 4.26. The molecule has 0 saturated heterocycles. The van der Waals surface area contributed by atoms with Crippen LogP contribution in [0.4, 0.5) is 5.69 Å². The van der Waals surface area contributed by atoms with Crippen molar-refractivity contribution < 1.29 is 4.92 Å². The Morgan fingerprint density at radius 2 is 2.40 bits per heavy atom. The summed E-state index contributed by atoms with van der Waals surface area (Å²) in [5, 5.41) is 10.7. The van der Waals surface area contributed by atoms with Crippen LogP contribution in [0, 0.1) is 16.0 Å². The predicted octanol–water partition coefficient (Wildman–Crippen LogP) is 2.71. The molecule has 1 aromatic heterocycles. The first-order valence-electron chi connectivity index (χ1n) is 4.91. The molecule has 1 unspecified atom stereocenters. The zero-order valence-corrected chi connectivity index (χ0v) is 9.68. The third-order valence-corrected chi connectivity index (χ3v) is 3.66. The average molecular weight is 271 g/mol. The zero-order valence-electron chi connectivity index (χ0n) is 8.10. The van der Waals surface area contributed by atoms with Crippen molar-refractivity contribution in [1.29, 1.82) is 0 Å². The SMILES string of the molecule is O=[N+]([O-])c1cccnc1CC(Br)C1CC1. The van der Waals surface area contributed by atoms with Crippen LogP contribution in [0.2, 0.25) is 0 Å². The molecule has 1 saturated carbocycles. The van der Waals surface area contributed by atoms with Crippen LogP contribution in [0.25, 0.3) is 0 Å². The van der Waals surface area contributed by atoms with E-state index in [-0.39, 0.29) is 10.6 Å². The van der Waals surface area contributed by atoms with E-state index >= 15 is 0 Å². The van der Waals surface area contributed by atoms with Crippen molar-refractivity contribution in [1.82, 2.24) is 4.98 Å². The Kier molecular flexibility index (Phi) is 3.00. The molecule has 1 atom stereocenters. The molecule has 1 heterocycles.